The van der Waals surface area contributed by atoms with Crippen molar-refractivity contribution in [2.45, 2.75) is 6.42 Å². The standard InChI is InChI=1S/C19H20N2O4/c1-24-16-9-8-13(10-17(16)25-2)21-19(23)15-11-14(15)18(22)20-12-6-4-3-5-7-12/h3-10,14-15H,11H2,1-2H3,(H,20,22)(H,21,23). The van der Waals surface area contributed by atoms with Gasteiger partial charge in [-0.2, -0.15) is 0 Å². The van der Waals surface area contributed by atoms with Gasteiger partial charge >= 0.3 is 0 Å². The number of para-hydroxylation sites is 1. The van der Waals surface area contributed by atoms with Crippen molar-refractivity contribution >= 4 is 23.2 Å². The highest BCUT2D eigenvalue weighted by Crippen LogP contribution is 2.40. The fraction of sp³-hybridized carbons (Fsp3) is 0.263. The van der Waals surface area contributed by atoms with Gasteiger partial charge in [-0.3, -0.25) is 9.59 Å². The summed E-state index contributed by atoms with van der Waals surface area (Å²) < 4.78 is 10.4. The minimum atomic E-state index is -0.309. The first-order valence-corrected chi connectivity index (χ1v) is 8.01. The summed E-state index contributed by atoms with van der Waals surface area (Å²) in [5.74, 6) is 0.234. The van der Waals surface area contributed by atoms with Gasteiger partial charge < -0.3 is 20.1 Å². The van der Waals surface area contributed by atoms with Crippen LogP contribution in [0.1, 0.15) is 6.42 Å². The van der Waals surface area contributed by atoms with Gasteiger partial charge in [0.1, 0.15) is 0 Å². The van der Waals surface area contributed by atoms with E-state index in [1.54, 1.807) is 25.3 Å². The molecule has 25 heavy (non-hydrogen) atoms. The number of amides is 2. The number of carbonyl (C=O) groups is 2. The molecule has 2 aromatic rings. The highest BCUT2D eigenvalue weighted by Gasteiger charge is 2.48. The van der Waals surface area contributed by atoms with E-state index in [9.17, 15) is 9.59 Å². The normalized spacial score (nSPS) is 18.2. The monoisotopic (exact) mass is 340 g/mol. The maximum Gasteiger partial charge on any atom is 0.228 e. The van der Waals surface area contributed by atoms with E-state index >= 15 is 0 Å². The average molecular weight is 340 g/mol. The summed E-state index contributed by atoms with van der Waals surface area (Å²) in [6, 6.07) is 14.4. The predicted molar refractivity (Wildman–Crippen MR) is 94.8 cm³/mol. The van der Waals surface area contributed by atoms with E-state index in [2.05, 4.69) is 10.6 Å². The van der Waals surface area contributed by atoms with E-state index in [-0.39, 0.29) is 23.7 Å². The van der Waals surface area contributed by atoms with E-state index in [1.807, 2.05) is 30.3 Å². The SMILES string of the molecule is COc1ccc(NC(=O)C2CC2C(=O)Nc2ccccc2)cc1OC. The van der Waals surface area contributed by atoms with Crippen molar-refractivity contribution in [3.8, 4) is 11.5 Å². The molecule has 0 heterocycles. The summed E-state index contributed by atoms with van der Waals surface area (Å²) >= 11 is 0. The molecule has 3 rings (SSSR count). The maximum atomic E-state index is 12.3. The van der Waals surface area contributed by atoms with E-state index < -0.39 is 0 Å². The van der Waals surface area contributed by atoms with Crippen LogP contribution >= 0.6 is 0 Å². The molecular weight excluding hydrogens is 320 g/mol. The van der Waals surface area contributed by atoms with Gasteiger partial charge in [-0.15, -0.1) is 0 Å². The number of ether oxygens (including phenoxy) is 2. The van der Waals surface area contributed by atoms with Crippen molar-refractivity contribution in [3.63, 3.8) is 0 Å². The van der Waals surface area contributed by atoms with Gasteiger partial charge in [0.05, 0.1) is 26.1 Å². The van der Waals surface area contributed by atoms with Crippen LogP contribution in [0.25, 0.3) is 0 Å². The molecule has 1 aliphatic rings. The number of rotatable bonds is 6. The van der Waals surface area contributed by atoms with Gasteiger partial charge in [0.15, 0.2) is 11.5 Å². The molecule has 0 radical (unpaired) electrons. The summed E-state index contributed by atoms with van der Waals surface area (Å²) in [6.45, 7) is 0. The lowest BCUT2D eigenvalue weighted by atomic mass is 10.2. The molecule has 0 aromatic heterocycles. The molecule has 1 aliphatic carbocycles. The first kappa shape index (κ1) is 16.8. The van der Waals surface area contributed by atoms with Gasteiger partial charge in [-0.05, 0) is 30.7 Å². The largest absolute Gasteiger partial charge is 0.493 e. The molecular formula is C19H20N2O4. The predicted octanol–water partition coefficient (Wildman–Crippen LogP) is 2.92. The third-order valence-corrected chi connectivity index (χ3v) is 4.16. The quantitative estimate of drug-likeness (QED) is 0.848. The first-order chi connectivity index (χ1) is 12.1. The van der Waals surface area contributed by atoms with Crippen LogP contribution in [-0.4, -0.2) is 26.0 Å². The van der Waals surface area contributed by atoms with E-state index in [0.29, 0.717) is 23.6 Å². The molecule has 2 amide bonds. The number of hydrogen-bond acceptors (Lipinski definition) is 4. The Bertz CT molecular complexity index is 776. The average Bonchev–Trinajstić information content (AvgIpc) is 3.43. The number of methoxy groups -OCH3 is 2. The number of hydrogen-bond donors (Lipinski definition) is 2. The van der Waals surface area contributed by atoms with Crippen molar-refractivity contribution in [1.29, 1.82) is 0 Å². The Balaban J connectivity index is 1.57. The first-order valence-electron chi connectivity index (χ1n) is 8.01. The Morgan fingerprint density at radius 3 is 2.04 bits per heavy atom. The lowest BCUT2D eigenvalue weighted by Gasteiger charge is -2.10. The maximum absolute atomic E-state index is 12.3. The lowest BCUT2D eigenvalue weighted by Crippen LogP contribution is -2.20. The van der Waals surface area contributed by atoms with Crippen molar-refractivity contribution in [2.75, 3.05) is 24.9 Å². The highest BCUT2D eigenvalue weighted by molar-refractivity contribution is 6.03. The molecule has 1 fully saturated rings. The Morgan fingerprint density at radius 2 is 1.44 bits per heavy atom. The third kappa shape index (κ3) is 3.91. The van der Waals surface area contributed by atoms with Crippen LogP contribution in [0.15, 0.2) is 48.5 Å². The van der Waals surface area contributed by atoms with Crippen LogP contribution in [0.3, 0.4) is 0 Å². The fourth-order valence-corrected chi connectivity index (χ4v) is 2.68. The molecule has 130 valence electrons. The number of benzene rings is 2. The number of anilines is 2. The minimum absolute atomic E-state index is 0.126. The summed E-state index contributed by atoms with van der Waals surface area (Å²) in [5.41, 5.74) is 1.34. The summed E-state index contributed by atoms with van der Waals surface area (Å²) in [5, 5.41) is 5.65. The van der Waals surface area contributed by atoms with Crippen molar-refractivity contribution in [1.82, 2.24) is 0 Å². The van der Waals surface area contributed by atoms with Gasteiger partial charge in [0.25, 0.3) is 0 Å². The highest BCUT2D eigenvalue weighted by atomic mass is 16.5. The minimum Gasteiger partial charge on any atom is -0.493 e. The Morgan fingerprint density at radius 1 is 0.840 bits per heavy atom. The van der Waals surface area contributed by atoms with E-state index in [1.165, 1.54) is 7.11 Å². The second kappa shape index (κ2) is 7.25. The molecule has 2 unspecified atom stereocenters. The van der Waals surface area contributed by atoms with Crippen molar-refractivity contribution < 1.29 is 19.1 Å². The zero-order chi connectivity index (χ0) is 17.8. The summed E-state index contributed by atoms with van der Waals surface area (Å²) in [7, 11) is 3.09. The topological polar surface area (TPSA) is 76.7 Å². The molecule has 6 nitrogen and oxygen atoms in total. The smallest absolute Gasteiger partial charge is 0.228 e. The number of carbonyl (C=O) groups excluding carboxylic acids is 2. The molecule has 1 saturated carbocycles. The Kier molecular flexibility index (Phi) is 4.88. The number of nitrogens with one attached hydrogen (secondary N) is 2. The molecule has 0 saturated heterocycles. The second-order valence-electron chi connectivity index (χ2n) is 5.86. The molecule has 2 aromatic carbocycles. The van der Waals surface area contributed by atoms with Crippen LogP contribution in [0.2, 0.25) is 0 Å². The van der Waals surface area contributed by atoms with E-state index in [4.69, 9.17) is 9.47 Å². The van der Waals surface area contributed by atoms with Crippen LogP contribution in [0.4, 0.5) is 11.4 Å². The zero-order valence-corrected chi connectivity index (χ0v) is 14.1. The molecule has 2 N–H and O–H groups in total. The molecule has 2 atom stereocenters. The van der Waals surface area contributed by atoms with Crippen molar-refractivity contribution in [2.24, 2.45) is 11.8 Å². The van der Waals surface area contributed by atoms with Gasteiger partial charge in [-0.1, -0.05) is 18.2 Å². The summed E-state index contributed by atoms with van der Waals surface area (Å²) in [6.07, 6.45) is 0.553. The van der Waals surface area contributed by atoms with Crippen LogP contribution < -0.4 is 20.1 Å². The van der Waals surface area contributed by atoms with Crippen LogP contribution in [-0.2, 0) is 9.59 Å². The van der Waals surface area contributed by atoms with Gasteiger partial charge in [0, 0.05) is 17.4 Å². The fourth-order valence-electron chi connectivity index (χ4n) is 2.68. The Labute approximate surface area is 146 Å². The molecule has 6 heteroatoms. The molecule has 0 bridgehead atoms. The Hall–Kier alpha value is -3.02. The van der Waals surface area contributed by atoms with E-state index in [0.717, 1.165) is 5.69 Å². The third-order valence-electron chi connectivity index (χ3n) is 4.16. The van der Waals surface area contributed by atoms with Crippen molar-refractivity contribution in [3.05, 3.63) is 48.5 Å². The van der Waals surface area contributed by atoms with Gasteiger partial charge in [-0.25, -0.2) is 0 Å². The summed E-state index contributed by atoms with van der Waals surface area (Å²) in [4.78, 5) is 24.5. The zero-order valence-electron chi connectivity index (χ0n) is 14.1. The van der Waals surface area contributed by atoms with Crippen LogP contribution in [0, 0.1) is 11.8 Å². The molecule has 0 aliphatic heterocycles. The second-order valence-corrected chi connectivity index (χ2v) is 5.86. The van der Waals surface area contributed by atoms with Crippen LogP contribution in [0.5, 0.6) is 11.5 Å². The van der Waals surface area contributed by atoms with Gasteiger partial charge in [0.2, 0.25) is 11.8 Å². The molecule has 0 spiro atoms. The lowest BCUT2D eigenvalue weighted by molar-refractivity contribution is -0.122.